The zero-order valence-corrected chi connectivity index (χ0v) is 15.5. The first-order valence-electron chi connectivity index (χ1n) is 8.34. The summed E-state index contributed by atoms with van der Waals surface area (Å²) in [4.78, 5) is 4.40. The first-order chi connectivity index (χ1) is 11.8. The van der Waals surface area contributed by atoms with Crippen molar-refractivity contribution < 1.29 is 9.31 Å². The second kappa shape index (κ2) is 5.59. The number of aromatic nitrogens is 2. The molecule has 0 bridgehead atoms. The minimum absolute atomic E-state index is 0.370. The number of benzene rings is 1. The minimum atomic E-state index is -0.422. The first-order valence-corrected chi connectivity index (χ1v) is 8.72. The van der Waals surface area contributed by atoms with Gasteiger partial charge in [0.2, 0.25) is 0 Å². The molecule has 2 aromatic heterocycles. The molecule has 1 saturated heterocycles. The molecule has 25 heavy (non-hydrogen) atoms. The lowest BCUT2D eigenvalue weighted by atomic mass is 9.80. The Balaban J connectivity index is 1.73. The largest absolute Gasteiger partial charge is 0.496 e. The Kier molecular flexibility index (Phi) is 3.72. The van der Waals surface area contributed by atoms with Gasteiger partial charge in [-0.25, -0.2) is 0 Å². The quantitative estimate of drug-likeness (QED) is 0.653. The molecule has 6 heteroatoms. The predicted molar refractivity (Wildman–Crippen MR) is 102 cm³/mol. The van der Waals surface area contributed by atoms with E-state index >= 15 is 0 Å². The van der Waals surface area contributed by atoms with E-state index in [9.17, 15) is 0 Å². The minimum Gasteiger partial charge on any atom is -0.399 e. The van der Waals surface area contributed by atoms with E-state index in [2.05, 4.69) is 15.6 Å². The van der Waals surface area contributed by atoms with Crippen LogP contribution in [-0.4, -0.2) is 27.9 Å². The van der Waals surface area contributed by atoms with Crippen LogP contribution < -0.4 is 5.46 Å². The summed E-state index contributed by atoms with van der Waals surface area (Å²) in [7, 11) is -0.422. The highest BCUT2D eigenvalue weighted by Crippen LogP contribution is 2.36. The Bertz CT molecular complexity index is 936. The third kappa shape index (κ3) is 2.76. The number of rotatable bonds is 2. The fourth-order valence-corrected chi connectivity index (χ4v) is 3.20. The normalized spacial score (nSPS) is 18.8. The number of pyridine rings is 1. The van der Waals surface area contributed by atoms with Gasteiger partial charge in [0.15, 0.2) is 0 Å². The molecule has 0 aliphatic carbocycles. The number of fused-ring (bicyclic) bond motifs is 1. The summed E-state index contributed by atoms with van der Waals surface area (Å²) >= 11 is 6.08. The number of hydrogen-bond donors (Lipinski definition) is 0. The van der Waals surface area contributed by atoms with Crippen molar-refractivity contribution in [2.45, 2.75) is 38.9 Å². The van der Waals surface area contributed by atoms with Crippen molar-refractivity contribution >= 4 is 35.1 Å². The number of halogens is 1. The Labute approximate surface area is 152 Å². The van der Waals surface area contributed by atoms with Crippen LogP contribution in [0, 0.1) is 0 Å². The van der Waals surface area contributed by atoms with E-state index in [0.29, 0.717) is 0 Å². The van der Waals surface area contributed by atoms with Crippen molar-refractivity contribution in [3.05, 3.63) is 53.9 Å². The second-order valence-corrected chi connectivity index (χ2v) is 7.89. The SMILES string of the molecule is CC1(C)OB(c2cncc(-n3ccc4cc(Cl)ccc43)c2)OC1(C)C. The van der Waals surface area contributed by atoms with Gasteiger partial charge < -0.3 is 13.9 Å². The fraction of sp³-hybridized carbons (Fsp3) is 0.316. The molecule has 4 rings (SSSR count). The highest BCUT2D eigenvalue weighted by molar-refractivity contribution is 6.62. The maximum Gasteiger partial charge on any atom is 0.496 e. The molecule has 128 valence electrons. The Hall–Kier alpha value is -1.82. The third-order valence-electron chi connectivity index (χ3n) is 5.20. The molecule has 0 saturated carbocycles. The maximum absolute atomic E-state index is 6.14. The topological polar surface area (TPSA) is 36.3 Å². The monoisotopic (exact) mass is 354 g/mol. The highest BCUT2D eigenvalue weighted by Gasteiger charge is 2.51. The van der Waals surface area contributed by atoms with Gasteiger partial charge in [-0.3, -0.25) is 4.98 Å². The molecular formula is C19H20BClN2O2. The van der Waals surface area contributed by atoms with Gasteiger partial charge >= 0.3 is 7.12 Å². The summed E-state index contributed by atoms with van der Waals surface area (Å²) < 4.78 is 14.4. The molecule has 1 aliphatic rings. The summed E-state index contributed by atoms with van der Waals surface area (Å²) in [5.74, 6) is 0. The van der Waals surface area contributed by atoms with Crippen LogP contribution in [0.5, 0.6) is 0 Å². The van der Waals surface area contributed by atoms with E-state index in [1.165, 1.54) is 0 Å². The van der Waals surface area contributed by atoms with Crippen LogP contribution in [0.3, 0.4) is 0 Å². The highest BCUT2D eigenvalue weighted by atomic mass is 35.5. The van der Waals surface area contributed by atoms with E-state index in [4.69, 9.17) is 20.9 Å². The van der Waals surface area contributed by atoms with E-state index in [0.717, 1.165) is 27.1 Å². The van der Waals surface area contributed by atoms with Crippen molar-refractivity contribution in [1.29, 1.82) is 0 Å². The van der Waals surface area contributed by atoms with Gasteiger partial charge in [-0.15, -0.1) is 0 Å². The number of hydrogen-bond acceptors (Lipinski definition) is 3. The van der Waals surface area contributed by atoms with Crippen LogP contribution in [0.4, 0.5) is 0 Å². The van der Waals surface area contributed by atoms with Crippen molar-refractivity contribution in [2.75, 3.05) is 0 Å². The molecular weight excluding hydrogens is 334 g/mol. The molecule has 0 spiro atoms. The van der Waals surface area contributed by atoms with E-state index in [1.807, 2.05) is 64.4 Å². The summed E-state index contributed by atoms with van der Waals surface area (Å²) in [5, 5.41) is 1.82. The Morgan fingerprint density at radius 3 is 2.44 bits per heavy atom. The second-order valence-electron chi connectivity index (χ2n) is 7.45. The van der Waals surface area contributed by atoms with Crippen molar-refractivity contribution in [3.8, 4) is 5.69 Å². The molecule has 1 aliphatic heterocycles. The zero-order valence-electron chi connectivity index (χ0n) is 14.8. The van der Waals surface area contributed by atoms with E-state index < -0.39 is 7.12 Å². The van der Waals surface area contributed by atoms with Crippen LogP contribution in [0.1, 0.15) is 27.7 Å². The molecule has 1 aromatic carbocycles. The van der Waals surface area contributed by atoms with Gasteiger partial charge in [0.25, 0.3) is 0 Å². The third-order valence-corrected chi connectivity index (χ3v) is 5.44. The smallest absolute Gasteiger partial charge is 0.399 e. The lowest BCUT2D eigenvalue weighted by Crippen LogP contribution is -2.41. The van der Waals surface area contributed by atoms with Gasteiger partial charge in [-0.1, -0.05) is 11.6 Å². The van der Waals surface area contributed by atoms with E-state index in [1.54, 1.807) is 6.20 Å². The predicted octanol–water partition coefficient (Wildman–Crippen LogP) is 3.98. The van der Waals surface area contributed by atoms with Crippen LogP contribution in [-0.2, 0) is 9.31 Å². The van der Waals surface area contributed by atoms with Gasteiger partial charge in [-0.2, -0.15) is 0 Å². The van der Waals surface area contributed by atoms with Gasteiger partial charge in [0, 0.05) is 28.3 Å². The lowest BCUT2D eigenvalue weighted by Gasteiger charge is -2.32. The molecule has 0 N–H and O–H groups in total. The van der Waals surface area contributed by atoms with Crippen molar-refractivity contribution in [2.24, 2.45) is 0 Å². The van der Waals surface area contributed by atoms with Gasteiger partial charge in [-0.05, 0) is 58.0 Å². The molecule has 3 aromatic rings. The molecule has 0 amide bonds. The fourth-order valence-electron chi connectivity index (χ4n) is 3.02. The standard InChI is InChI=1S/C19H20BClN2O2/c1-18(2)19(3,4)25-20(24-18)14-10-16(12-22-11-14)23-8-7-13-9-15(21)5-6-17(13)23/h5-12H,1-4H3. The summed E-state index contributed by atoms with van der Waals surface area (Å²) in [6, 6.07) is 9.97. The van der Waals surface area contributed by atoms with Crippen molar-refractivity contribution in [3.63, 3.8) is 0 Å². The molecule has 0 radical (unpaired) electrons. The number of nitrogens with zero attached hydrogens (tertiary/aromatic N) is 2. The Morgan fingerprint density at radius 2 is 1.72 bits per heavy atom. The Morgan fingerprint density at radius 1 is 1.00 bits per heavy atom. The molecule has 0 atom stereocenters. The maximum atomic E-state index is 6.14. The average Bonchev–Trinajstić information content (AvgIpc) is 3.05. The van der Waals surface area contributed by atoms with Crippen LogP contribution in [0.15, 0.2) is 48.9 Å². The summed E-state index contributed by atoms with van der Waals surface area (Å²) in [6.45, 7) is 8.20. The summed E-state index contributed by atoms with van der Waals surface area (Å²) in [5.41, 5.74) is 2.21. The van der Waals surface area contributed by atoms with Crippen molar-refractivity contribution in [1.82, 2.24) is 9.55 Å². The zero-order chi connectivity index (χ0) is 17.8. The molecule has 3 heterocycles. The lowest BCUT2D eigenvalue weighted by molar-refractivity contribution is 0.00578. The summed E-state index contributed by atoms with van der Waals surface area (Å²) in [6.07, 6.45) is 5.66. The van der Waals surface area contributed by atoms with Gasteiger partial charge in [0.1, 0.15) is 0 Å². The van der Waals surface area contributed by atoms with Crippen LogP contribution >= 0.6 is 11.6 Å². The van der Waals surface area contributed by atoms with Crippen LogP contribution in [0.25, 0.3) is 16.6 Å². The van der Waals surface area contributed by atoms with Crippen LogP contribution in [0.2, 0.25) is 5.02 Å². The van der Waals surface area contributed by atoms with E-state index in [-0.39, 0.29) is 11.2 Å². The molecule has 0 unspecified atom stereocenters. The molecule has 4 nitrogen and oxygen atoms in total. The average molecular weight is 355 g/mol. The van der Waals surface area contributed by atoms with Gasteiger partial charge in [0.05, 0.1) is 28.6 Å². The first kappa shape index (κ1) is 16.6. The molecule has 1 fully saturated rings.